The summed E-state index contributed by atoms with van der Waals surface area (Å²) in [6.07, 6.45) is 5.46. The number of ether oxygens (including phenoxy) is 2. The van der Waals surface area contributed by atoms with Crippen molar-refractivity contribution in [3.05, 3.63) is 22.2 Å². The van der Waals surface area contributed by atoms with Crippen molar-refractivity contribution in [2.75, 3.05) is 26.3 Å². The zero-order valence-corrected chi connectivity index (χ0v) is 13.5. The highest BCUT2D eigenvalue weighted by Crippen LogP contribution is 2.42. The fourth-order valence-electron chi connectivity index (χ4n) is 3.36. The predicted molar refractivity (Wildman–Crippen MR) is 85.7 cm³/mol. The first-order valence-corrected chi connectivity index (χ1v) is 8.48. The number of benzene rings is 1. The minimum Gasteiger partial charge on any atom is -0.489 e. The van der Waals surface area contributed by atoms with Gasteiger partial charge in [-0.05, 0) is 56.3 Å². The Balaban J connectivity index is 1.92. The molecule has 0 saturated carbocycles. The van der Waals surface area contributed by atoms with E-state index < -0.39 is 0 Å². The van der Waals surface area contributed by atoms with E-state index in [1.54, 1.807) is 0 Å². The number of piperidine rings is 1. The van der Waals surface area contributed by atoms with Crippen LogP contribution in [0.5, 0.6) is 11.5 Å². The normalized spacial score (nSPS) is 19.3. The molecule has 3 nitrogen and oxygen atoms in total. The molecule has 1 saturated heterocycles. The van der Waals surface area contributed by atoms with Gasteiger partial charge in [0.1, 0.15) is 0 Å². The molecule has 1 fully saturated rings. The number of halogens is 1. The molecule has 2 heterocycles. The van der Waals surface area contributed by atoms with Gasteiger partial charge in [-0.2, -0.15) is 0 Å². The second kappa shape index (κ2) is 6.89. The Morgan fingerprint density at radius 2 is 1.90 bits per heavy atom. The van der Waals surface area contributed by atoms with E-state index in [-0.39, 0.29) is 0 Å². The number of nitrogens with one attached hydrogen (secondary N) is 1. The molecule has 21 heavy (non-hydrogen) atoms. The van der Waals surface area contributed by atoms with E-state index >= 15 is 0 Å². The van der Waals surface area contributed by atoms with Gasteiger partial charge in [0.25, 0.3) is 0 Å². The summed E-state index contributed by atoms with van der Waals surface area (Å²) in [6, 6.07) is 2.11. The van der Waals surface area contributed by atoms with Crippen molar-refractivity contribution in [3.8, 4) is 11.5 Å². The van der Waals surface area contributed by atoms with Crippen molar-refractivity contribution in [3.63, 3.8) is 0 Å². The summed E-state index contributed by atoms with van der Waals surface area (Å²) in [4.78, 5) is 0. The molecular weight excluding hydrogens is 286 g/mol. The third kappa shape index (κ3) is 3.29. The Labute approximate surface area is 132 Å². The number of fused-ring (bicyclic) bond motifs is 1. The average Bonchev–Trinajstić information content (AvgIpc) is 2.75. The molecule has 1 N–H and O–H groups in total. The van der Waals surface area contributed by atoms with Crippen LogP contribution in [0.1, 0.15) is 37.3 Å². The van der Waals surface area contributed by atoms with Gasteiger partial charge in [0, 0.05) is 12.0 Å². The maximum absolute atomic E-state index is 6.45. The molecule has 116 valence electrons. The van der Waals surface area contributed by atoms with Crippen LogP contribution in [0.3, 0.4) is 0 Å². The third-order valence-corrected chi connectivity index (χ3v) is 4.77. The fraction of sp³-hybridized carbons (Fsp3) is 0.647. The second-order valence-electron chi connectivity index (χ2n) is 5.96. The van der Waals surface area contributed by atoms with E-state index in [2.05, 4.69) is 18.3 Å². The van der Waals surface area contributed by atoms with Gasteiger partial charge < -0.3 is 14.8 Å². The molecule has 4 heteroatoms. The molecule has 0 radical (unpaired) electrons. The molecule has 0 atom stereocenters. The van der Waals surface area contributed by atoms with Crippen LogP contribution in [0.2, 0.25) is 5.02 Å². The number of rotatable bonds is 3. The molecule has 1 aromatic carbocycles. The van der Waals surface area contributed by atoms with Gasteiger partial charge in [-0.25, -0.2) is 0 Å². The van der Waals surface area contributed by atoms with Crippen molar-refractivity contribution in [1.82, 2.24) is 5.32 Å². The lowest BCUT2D eigenvalue weighted by Crippen LogP contribution is -2.28. The Kier molecular flexibility index (Phi) is 4.91. The van der Waals surface area contributed by atoms with Gasteiger partial charge >= 0.3 is 0 Å². The number of hydrogen-bond donors (Lipinski definition) is 1. The molecule has 0 unspecified atom stereocenters. The first-order chi connectivity index (χ1) is 10.3. The minimum absolute atomic E-state index is 0.684. The minimum atomic E-state index is 0.684. The van der Waals surface area contributed by atoms with Crippen molar-refractivity contribution >= 4 is 11.6 Å². The van der Waals surface area contributed by atoms with E-state index in [4.69, 9.17) is 21.1 Å². The van der Waals surface area contributed by atoms with Gasteiger partial charge in [-0.1, -0.05) is 18.5 Å². The van der Waals surface area contributed by atoms with Crippen molar-refractivity contribution in [2.45, 2.75) is 39.0 Å². The Morgan fingerprint density at radius 3 is 2.62 bits per heavy atom. The topological polar surface area (TPSA) is 30.5 Å². The molecule has 0 spiro atoms. The predicted octanol–water partition coefficient (Wildman–Crippen LogP) is 3.61. The summed E-state index contributed by atoms with van der Waals surface area (Å²) in [6.45, 7) is 5.84. The molecule has 0 bridgehead atoms. The molecule has 0 amide bonds. The van der Waals surface area contributed by atoms with E-state index in [9.17, 15) is 0 Å². The molecule has 3 rings (SSSR count). The second-order valence-corrected chi connectivity index (χ2v) is 6.36. The monoisotopic (exact) mass is 309 g/mol. The summed E-state index contributed by atoms with van der Waals surface area (Å²) in [5.74, 6) is 2.39. The fourth-order valence-corrected chi connectivity index (χ4v) is 3.63. The lowest BCUT2D eigenvalue weighted by Gasteiger charge is -2.25. The van der Waals surface area contributed by atoms with Crippen LogP contribution in [0.4, 0.5) is 0 Å². The SMILES string of the molecule is CCc1c(CC2CCNCC2)cc(Cl)c2c1OCCCO2. The standard InChI is InChI=1S/C17H24ClNO2/c1-2-14-13(10-12-4-6-19-7-5-12)11-15(18)17-16(14)20-8-3-9-21-17/h11-12,19H,2-10H2,1H3. The lowest BCUT2D eigenvalue weighted by atomic mass is 9.88. The van der Waals surface area contributed by atoms with Crippen molar-refractivity contribution in [1.29, 1.82) is 0 Å². The summed E-state index contributed by atoms with van der Waals surface area (Å²) in [7, 11) is 0. The smallest absolute Gasteiger partial charge is 0.180 e. The molecule has 0 aromatic heterocycles. The highest BCUT2D eigenvalue weighted by molar-refractivity contribution is 6.32. The van der Waals surface area contributed by atoms with E-state index in [0.29, 0.717) is 18.2 Å². The Morgan fingerprint density at radius 1 is 1.19 bits per heavy atom. The first-order valence-electron chi connectivity index (χ1n) is 8.10. The zero-order valence-electron chi connectivity index (χ0n) is 12.7. The summed E-state index contributed by atoms with van der Waals surface area (Å²) in [5, 5.41) is 4.13. The Bertz CT molecular complexity index is 498. The Hall–Kier alpha value is -0.930. The summed E-state index contributed by atoms with van der Waals surface area (Å²) >= 11 is 6.45. The van der Waals surface area contributed by atoms with Crippen LogP contribution in [0.15, 0.2) is 6.07 Å². The molecular formula is C17H24ClNO2. The number of hydrogen-bond acceptors (Lipinski definition) is 3. The molecule has 2 aliphatic rings. The van der Waals surface area contributed by atoms with Gasteiger partial charge in [-0.3, -0.25) is 0 Å². The summed E-state index contributed by atoms with van der Waals surface area (Å²) in [5.41, 5.74) is 2.63. The van der Waals surface area contributed by atoms with Crippen molar-refractivity contribution < 1.29 is 9.47 Å². The van der Waals surface area contributed by atoms with Crippen LogP contribution in [0, 0.1) is 5.92 Å². The van der Waals surface area contributed by atoms with E-state index in [1.165, 1.54) is 24.0 Å². The quantitative estimate of drug-likeness (QED) is 0.925. The van der Waals surface area contributed by atoms with Crippen LogP contribution in [-0.2, 0) is 12.8 Å². The lowest BCUT2D eigenvalue weighted by molar-refractivity contribution is 0.296. The van der Waals surface area contributed by atoms with Crippen molar-refractivity contribution in [2.24, 2.45) is 5.92 Å². The average molecular weight is 310 g/mol. The van der Waals surface area contributed by atoms with Crippen LogP contribution < -0.4 is 14.8 Å². The maximum Gasteiger partial charge on any atom is 0.180 e. The van der Waals surface area contributed by atoms with Gasteiger partial charge in [-0.15, -0.1) is 0 Å². The van der Waals surface area contributed by atoms with Gasteiger partial charge in [0.2, 0.25) is 0 Å². The van der Waals surface area contributed by atoms with E-state index in [1.807, 2.05) is 0 Å². The van der Waals surface area contributed by atoms with Crippen LogP contribution in [0.25, 0.3) is 0 Å². The molecule has 1 aromatic rings. The van der Waals surface area contributed by atoms with Gasteiger partial charge in [0.05, 0.1) is 18.2 Å². The highest BCUT2D eigenvalue weighted by atomic mass is 35.5. The maximum atomic E-state index is 6.45. The largest absolute Gasteiger partial charge is 0.489 e. The first kappa shape index (κ1) is 15.0. The zero-order chi connectivity index (χ0) is 14.7. The molecule has 0 aliphatic carbocycles. The molecule has 2 aliphatic heterocycles. The van der Waals surface area contributed by atoms with Crippen LogP contribution >= 0.6 is 11.6 Å². The highest BCUT2D eigenvalue weighted by Gasteiger charge is 2.23. The third-order valence-electron chi connectivity index (χ3n) is 4.49. The van der Waals surface area contributed by atoms with Gasteiger partial charge in [0.15, 0.2) is 11.5 Å². The summed E-state index contributed by atoms with van der Waals surface area (Å²) < 4.78 is 11.8. The van der Waals surface area contributed by atoms with Crippen LogP contribution in [-0.4, -0.2) is 26.3 Å². The van der Waals surface area contributed by atoms with E-state index in [0.717, 1.165) is 49.8 Å².